The van der Waals surface area contributed by atoms with Gasteiger partial charge in [0.1, 0.15) is 11.5 Å². The molecular formula is C16H24N2O3. The molecule has 1 saturated heterocycles. The average molecular weight is 292 g/mol. The molecule has 1 heterocycles. The lowest BCUT2D eigenvalue weighted by molar-refractivity contribution is -0.135. The minimum atomic E-state index is 0.0168. The smallest absolute Gasteiger partial charge is 0.260 e. The van der Waals surface area contributed by atoms with Gasteiger partial charge in [-0.3, -0.25) is 4.79 Å². The van der Waals surface area contributed by atoms with Gasteiger partial charge in [-0.2, -0.15) is 0 Å². The first-order chi connectivity index (χ1) is 10.1. The molecule has 1 aromatic carbocycles. The van der Waals surface area contributed by atoms with E-state index in [1.54, 1.807) is 13.2 Å². The second-order valence-electron chi connectivity index (χ2n) is 5.57. The summed E-state index contributed by atoms with van der Waals surface area (Å²) in [5.41, 5.74) is 5.94. The molecule has 1 fully saturated rings. The average Bonchev–Trinajstić information content (AvgIpc) is 2.53. The monoisotopic (exact) mass is 292 g/mol. The fourth-order valence-electron chi connectivity index (χ4n) is 2.59. The van der Waals surface area contributed by atoms with Crippen molar-refractivity contribution in [2.45, 2.75) is 25.8 Å². The van der Waals surface area contributed by atoms with Gasteiger partial charge in [0, 0.05) is 25.2 Å². The van der Waals surface area contributed by atoms with Crippen molar-refractivity contribution in [3.63, 3.8) is 0 Å². The fraction of sp³-hybridized carbons (Fsp3) is 0.562. The number of methoxy groups -OCH3 is 1. The van der Waals surface area contributed by atoms with Crippen molar-refractivity contribution in [1.82, 2.24) is 4.90 Å². The Morgan fingerprint density at radius 2 is 2.24 bits per heavy atom. The van der Waals surface area contributed by atoms with Crippen molar-refractivity contribution >= 4 is 5.91 Å². The van der Waals surface area contributed by atoms with E-state index in [4.69, 9.17) is 15.2 Å². The number of piperidine rings is 1. The predicted octanol–water partition coefficient (Wildman–Crippen LogP) is 1.66. The van der Waals surface area contributed by atoms with Crippen LogP contribution in [0.1, 0.15) is 19.8 Å². The maximum Gasteiger partial charge on any atom is 0.260 e. The van der Waals surface area contributed by atoms with E-state index in [1.807, 2.05) is 30.0 Å². The highest BCUT2D eigenvalue weighted by Gasteiger charge is 2.25. The molecule has 0 aromatic heterocycles. The quantitative estimate of drug-likeness (QED) is 0.896. The van der Waals surface area contributed by atoms with Crippen LogP contribution in [0.25, 0.3) is 0 Å². The zero-order valence-electron chi connectivity index (χ0n) is 12.7. The Morgan fingerprint density at radius 3 is 2.95 bits per heavy atom. The first-order valence-corrected chi connectivity index (χ1v) is 7.40. The Labute approximate surface area is 126 Å². The first kappa shape index (κ1) is 15.6. The van der Waals surface area contributed by atoms with Gasteiger partial charge in [0.25, 0.3) is 5.91 Å². The molecule has 2 N–H and O–H groups in total. The van der Waals surface area contributed by atoms with Gasteiger partial charge in [-0.25, -0.2) is 0 Å². The Balaban J connectivity index is 1.86. The number of hydrogen-bond donors (Lipinski definition) is 1. The van der Waals surface area contributed by atoms with Crippen molar-refractivity contribution in [3.05, 3.63) is 24.3 Å². The lowest BCUT2D eigenvalue weighted by atomic mass is 9.92. The van der Waals surface area contributed by atoms with Crippen molar-refractivity contribution in [3.8, 4) is 11.5 Å². The molecular weight excluding hydrogens is 268 g/mol. The van der Waals surface area contributed by atoms with Gasteiger partial charge in [0.05, 0.1) is 7.11 Å². The molecule has 0 radical (unpaired) electrons. The molecule has 1 aromatic rings. The van der Waals surface area contributed by atoms with Gasteiger partial charge < -0.3 is 20.1 Å². The topological polar surface area (TPSA) is 64.8 Å². The standard InChI is InChI=1S/C16H24N2O3/c1-12(17)13-5-4-8-18(10-13)16(19)11-21-15-7-3-6-14(9-15)20-2/h3,6-7,9,12-13H,4-5,8,10-11,17H2,1-2H3. The largest absolute Gasteiger partial charge is 0.497 e. The molecule has 2 rings (SSSR count). The highest BCUT2D eigenvalue weighted by atomic mass is 16.5. The third-order valence-corrected chi connectivity index (χ3v) is 3.96. The molecule has 1 aliphatic heterocycles. The number of likely N-dealkylation sites (tertiary alicyclic amines) is 1. The SMILES string of the molecule is COc1cccc(OCC(=O)N2CCCC(C(C)N)C2)c1. The molecule has 2 atom stereocenters. The number of benzene rings is 1. The van der Waals surface area contributed by atoms with Crippen molar-refractivity contribution in [2.75, 3.05) is 26.8 Å². The van der Waals surface area contributed by atoms with Crippen LogP contribution in [-0.4, -0.2) is 43.7 Å². The van der Waals surface area contributed by atoms with Crippen LogP contribution >= 0.6 is 0 Å². The lowest BCUT2D eigenvalue weighted by Crippen LogP contribution is -2.46. The molecule has 2 unspecified atom stereocenters. The van der Waals surface area contributed by atoms with Gasteiger partial charge in [-0.1, -0.05) is 6.07 Å². The zero-order valence-corrected chi connectivity index (χ0v) is 12.7. The van der Waals surface area contributed by atoms with Crippen LogP contribution in [0.4, 0.5) is 0 Å². The Morgan fingerprint density at radius 1 is 1.48 bits per heavy atom. The molecule has 5 heteroatoms. The molecule has 1 aliphatic rings. The predicted molar refractivity (Wildman–Crippen MR) is 81.4 cm³/mol. The van der Waals surface area contributed by atoms with Gasteiger partial charge in [-0.05, 0) is 37.8 Å². The molecule has 21 heavy (non-hydrogen) atoms. The first-order valence-electron chi connectivity index (χ1n) is 7.40. The van der Waals surface area contributed by atoms with Crippen LogP contribution in [0.15, 0.2) is 24.3 Å². The summed E-state index contributed by atoms with van der Waals surface area (Å²) in [6, 6.07) is 7.39. The molecule has 0 saturated carbocycles. The van der Waals surface area contributed by atoms with E-state index in [-0.39, 0.29) is 18.6 Å². The second kappa shape index (κ2) is 7.31. The van der Waals surface area contributed by atoms with E-state index >= 15 is 0 Å². The lowest BCUT2D eigenvalue weighted by Gasteiger charge is -2.34. The summed E-state index contributed by atoms with van der Waals surface area (Å²) in [5.74, 6) is 1.76. The van der Waals surface area contributed by atoms with Crippen molar-refractivity contribution in [2.24, 2.45) is 11.7 Å². The summed E-state index contributed by atoms with van der Waals surface area (Å²) >= 11 is 0. The number of amides is 1. The van der Waals surface area contributed by atoms with Crippen LogP contribution in [0.2, 0.25) is 0 Å². The van der Waals surface area contributed by atoms with Gasteiger partial charge in [0.2, 0.25) is 0 Å². The van der Waals surface area contributed by atoms with Crippen LogP contribution in [-0.2, 0) is 4.79 Å². The number of nitrogens with two attached hydrogens (primary N) is 1. The van der Waals surface area contributed by atoms with Crippen molar-refractivity contribution in [1.29, 1.82) is 0 Å². The van der Waals surface area contributed by atoms with Gasteiger partial charge in [-0.15, -0.1) is 0 Å². The summed E-state index contributed by atoms with van der Waals surface area (Å²) < 4.78 is 10.7. The Bertz CT molecular complexity index is 476. The highest BCUT2D eigenvalue weighted by Crippen LogP contribution is 2.21. The zero-order chi connectivity index (χ0) is 15.2. The maximum atomic E-state index is 12.2. The number of carbonyl (C=O) groups is 1. The Hall–Kier alpha value is -1.75. The maximum absolute atomic E-state index is 12.2. The minimum absolute atomic E-state index is 0.0168. The fourth-order valence-corrected chi connectivity index (χ4v) is 2.59. The number of nitrogens with zero attached hydrogens (tertiary/aromatic N) is 1. The van der Waals surface area contributed by atoms with Gasteiger partial charge in [0.15, 0.2) is 6.61 Å². The van der Waals surface area contributed by atoms with Crippen molar-refractivity contribution < 1.29 is 14.3 Å². The highest BCUT2D eigenvalue weighted by molar-refractivity contribution is 5.77. The molecule has 5 nitrogen and oxygen atoms in total. The van der Waals surface area contributed by atoms with E-state index in [1.165, 1.54) is 0 Å². The third kappa shape index (κ3) is 4.36. The van der Waals surface area contributed by atoms with Crippen LogP contribution in [0.5, 0.6) is 11.5 Å². The second-order valence-corrected chi connectivity index (χ2v) is 5.57. The molecule has 0 bridgehead atoms. The molecule has 116 valence electrons. The van der Waals surface area contributed by atoms with Crippen LogP contribution in [0.3, 0.4) is 0 Å². The molecule has 1 amide bonds. The number of rotatable bonds is 5. The van der Waals surface area contributed by atoms with Crippen LogP contribution < -0.4 is 15.2 Å². The van der Waals surface area contributed by atoms with E-state index < -0.39 is 0 Å². The minimum Gasteiger partial charge on any atom is -0.497 e. The number of hydrogen-bond acceptors (Lipinski definition) is 4. The number of carbonyl (C=O) groups excluding carboxylic acids is 1. The summed E-state index contributed by atoms with van der Waals surface area (Å²) in [6.45, 7) is 3.59. The van der Waals surface area contributed by atoms with Gasteiger partial charge >= 0.3 is 0 Å². The van der Waals surface area contributed by atoms with E-state index in [0.717, 1.165) is 31.7 Å². The Kier molecular flexibility index (Phi) is 5.44. The molecule has 0 spiro atoms. The number of ether oxygens (including phenoxy) is 2. The summed E-state index contributed by atoms with van der Waals surface area (Å²) in [6.07, 6.45) is 2.11. The summed E-state index contributed by atoms with van der Waals surface area (Å²) in [7, 11) is 1.60. The van der Waals surface area contributed by atoms with E-state index in [0.29, 0.717) is 11.7 Å². The normalized spacial score (nSPS) is 20.0. The summed E-state index contributed by atoms with van der Waals surface area (Å²) in [4.78, 5) is 14.1. The third-order valence-electron chi connectivity index (χ3n) is 3.96. The van der Waals surface area contributed by atoms with E-state index in [9.17, 15) is 4.79 Å². The molecule has 0 aliphatic carbocycles. The summed E-state index contributed by atoms with van der Waals surface area (Å²) in [5, 5.41) is 0. The van der Waals surface area contributed by atoms with E-state index in [2.05, 4.69) is 0 Å². The van der Waals surface area contributed by atoms with Crippen LogP contribution in [0, 0.1) is 5.92 Å².